The number of hydrogen-bond donors (Lipinski definition) is 4. The largest absolute Gasteiger partial charge is 0.359 e. The van der Waals surface area contributed by atoms with Crippen molar-refractivity contribution in [1.29, 1.82) is 0 Å². The Labute approximate surface area is 144 Å². The summed E-state index contributed by atoms with van der Waals surface area (Å²) in [6.07, 6.45) is 5.50. The van der Waals surface area contributed by atoms with Crippen molar-refractivity contribution in [2.24, 2.45) is 5.73 Å². The summed E-state index contributed by atoms with van der Waals surface area (Å²) in [6.45, 7) is 0. The second-order valence-corrected chi connectivity index (χ2v) is 5.80. The third-order valence-electron chi connectivity index (χ3n) is 4.22. The first kappa shape index (κ1) is 15.2. The molecule has 0 saturated heterocycles. The van der Waals surface area contributed by atoms with Crippen molar-refractivity contribution in [1.82, 2.24) is 15.2 Å². The van der Waals surface area contributed by atoms with Gasteiger partial charge in [-0.15, -0.1) is 0 Å². The zero-order valence-electron chi connectivity index (χ0n) is 13.4. The molecule has 5 N–H and O–H groups in total. The van der Waals surface area contributed by atoms with Gasteiger partial charge >= 0.3 is 0 Å². The number of aromatic nitrogens is 3. The van der Waals surface area contributed by atoms with Gasteiger partial charge in [0.15, 0.2) is 0 Å². The number of amides is 1. The summed E-state index contributed by atoms with van der Waals surface area (Å²) in [5, 5.41) is 10.7. The van der Waals surface area contributed by atoms with Crippen molar-refractivity contribution in [3.8, 4) is 11.1 Å². The van der Waals surface area contributed by atoms with E-state index >= 15 is 0 Å². The number of nitrogens with zero attached hydrogens (tertiary/aromatic N) is 1. The summed E-state index contributed by atoms with van der Waals surface area (Å²) in [7, 11) is 0. The summed E-state index contributed by atoms with van der Waals surface area (Å²) >= 11 is 0. The highest BCUT2D eigenvalue weighted by atomic mass is 16.2. The minimum absolute atomic E-state index is 0.252. The van der Waals surface area contributed by atoms with E-state index < -0.39 is 6.04 Å². The SMILES string of the molecule is N[C@H](C(=O)Nc1cccc2c(-c3cn[nH]c3)c[nH]c12)c1ccccc1. The van der Waals surface area contributed by atoms with Crippen molar-refractivity contribution in [3.05, 3.63) is 72.7 Å². The van der Waals surface area contributed by atoms with Gasteiger partial charge in [-0.2, -0.15) is 5.10 Å². The Kier molecular flexibility index (Phi) is 3.80. The molecule has 0 bridgehead atoms. The lowest BCUT2D eigenvalue weighted by Gasteiger charge is -2.13. The molecule has 6 heteroatoms. The van der Waals surface area contributed by atoms with E-state index in [1.165, 1.54) is 0 Å². The molecule has 0 aliphatic heterocycles. The van der Waals surface area contributed by atoms with Gasteiger partial charge in [-0.25, -0.2) is 0 Å². The van der Waals surface area contributed by atoms with Gasteiger partial charge in [-0.3, -0.25) is 9.89 Å². The highest BCUT2D eigenvalue weighted by molar-refractivity contribution is 6.06. The van der Waals surface area contributed by atoms with Crippen molar-refractivity contribution >= 4 is 22.5 Å². The molecule has 0 spiro atoms. The molecule has 4 rings (SSSR count). The molecule has 0 saturated carbocycles. The molecule has 0 aliphatic rings. The Morgan fingerprint density at radius 1 is 1.08 bits per heavy atom. The number of nitrogens with one attached hydrogen (secondary N) is 3. The number of benzene rings is 2. The second kappa shape index (κ2) is 6.26. The molecule has 25 heavy (non-hydrogen) atoms. The van der Waals surface area contributed by atoms with Crippen LogP contribution in [0.2, 0.25) is 0 Å². The molecule has 0 fully saturated rings. The van der Waals surface area contributed by atoms with Gasteiger partial charge in [-0.1, -0.05) is 42.5 Å². The number of fused-ring (bicyclic) bond motifs is 1. The fourth-order valence-electron chi connectivity index (χ4n) is 2.92. The molecule has 6 nitrogen and oxygen atoms in total. The van der Waals surface area contributed by atoms with Crippen molar-refractivity contribution in [2.45, 2.75) is 6.04 Å². The van der Waals surface area contributed by atoms with E-state index in [0.29, 0.717) is 5.69 Å². The lowest BCUT2D eigenvalue weighted by atomic mass is 10.1. The average molecular weight is 331 g/mol. The van der Waals surface area contributed by atoms with Gasteiger partial charge in [0.25, 0.3) is 0 Å². The van der Waals surface area contributed by atoms with Crippen LogP contribution in [0.3, 0.4) is 0 Å². The van der Waals surface area contributed by atoms with Crippen LogP contribution in [-0.2, 0) is 4.79 Å². The van der Waals surface area contributed by atoms with E-state index in [0.717, 1.165) is 27.6 Å². The molecule has 2 aromatic heterocycles. The van der Waals surface area contributed by atoms with Crippen LogP contribution in [0, 0.1) is 0 Å². The fourth-order valence-corrected chi connectivity index (χ4v) is 2.92. The first-order valence-corrected chi connectivity index (χ1v) is 7.94. The fraction of sp³-hybridized carbons (Fsp3) is 0.0526. The van der Waals surface area contributed by atoms with Gasteiger partial charge < -0.3 is 16.0 Å². The summed E-state index contributed by atoms with van der Waals surface area (Å²) in [4.78, 5) is 15.8. The molecular formula is C19H17N5O. The molecule has 2 heterocycles. The van der Waals surface area contributed by atoms with Crippen LogP contribution >= 0.6 is 0 Å². The summed E-state index contributed by atoms with van der Waals surface area (Å²) in [5.74, 6) is -0.252. The maximum absolute atomic E-state index is 12.5. The Morgan fingerprint density at radius 3 is 2.68 bits per heavy atom. The van der Waals surface area contributed by atoms with Gasteiger partial charge in [0, 0.05) is 28.9 Å². The number of nitrogens with two attached hydrogens (primary N) is 1. The summed E-state index contributed by atoms with van der Waals surface area (Å²) in [5.41, 5.74) is 10.4. The normalized spacial score (nSPS) is 12.2. The highest BCUT2D eigenvalue weighted by Gasteiger charge is 2.17. The predicted molar refractivity (Wildman–Crippen MR) is 97.9 cm³/mol. The number of rotatable bonds is 4. The Balaban J connectivity index is 1.65. The van der Waals surface area contributed by atoms with Crippen LogP contribution in [0.25, 0.3) is 22.0 Å². The predicted octanol–water partition coefficient (Wildman–Crippen LogP) is 3.20. The van der Waals surface area contributed by atoms with E-state index in [1.54, 1.807) is 6.20 Å². The van der Waals surface area contributed by atoms with E-state index in [1.807, 2.05) is 60.9 Å². The first-order chi connectivity index (χ1) is 12.2. The van der Waals surface area contributed by atoms with Crippen LogP contribution in [0.5, 0.6) is 0 Å². The van der Waals surface area contributed by atoms with E-state index in [9.17, 15) is 4.79 Å². The molecule has 1 atom stereocenters. The molecule has 124 valence electrons. The van der Waals surface area contributed by atoms with Gasteiger partial charge in [0.1, 0.15) is 6.04 Å². The molecule has 4 aromatic rings. The van der Waals surface area contributed by atoms with Crippen molar-refractivity contribution < 1.29 is 4.79 Å². The van der Waals surface area contributed by atoms with E-state index in [2.05, 4.69) is 20.5 Å². The number of carbonyl (C=O) groups excluding carboxylic acids is 1. The summed E-state index contributed by atoms with van der Waals surface area (Å²) in [6, 6.07) is 14.4. The Bertz CT molecular complexity index is 1000. The highest BCUT2D eigenvalue weighted by Crippen LogP contribution is 2.32. The van der Waals surface area contributed by atoms with E-state index in [-0.39, 0.29) is 5.91 Å². The third kappa shape index (κ3) is 2.79. The number of aromatic amines is 2. The van der Waals surface area contributed by atoms with Crippen LogP contribution in [0.4, 0.5) is 5.69 Å². The van der Waals surface area contributed by atoms with Crippen LogP contribution < -0.4 is 11.1 Å². The molecular weight excluding hydrogens is 314 g/mol. The second-order valence-electron chi connectivity index (χ2n) is 5.80. The Hall–Kier alpha value is -3.38. The number of hydrogen-bond acceptors (Lipinski definition) is 3. The maximum Gasteiger partial charge on any atom is 0.245 e. The smallest absolute Gasteiger partial charge is 0.245 e. The zero-order valence-corrected chi connectivity index (χ0v) is 13.4. The number of H-pyrrole nitrogens is 2. The van der Waals surface area contributed by atoms with Gasteiger partial charge in [0.2, 0.25) is 5.91 Å². The topological polar surface area (TPSA) is 99.6 Å². The molecule has 0 aliphatic carbocycles. The average Bonchev–Trinajstić information content (AvgIpc) is 3.31. The van der Waals surface area contributed by atoms with Crippen LogP contribution in [0.15, 0.2) is 67.1 Å². The van der Waals surface area contributed by atoms with Gasteiger partial charge in [-0.05, 0) is 11.6 Å². The molecule has 1 amide bonds. The number of anilines is 1. The zero-order chi connectivity index (χ0) is 17.2. The van der Waals surface area contributed by atoms with Crippen molar-refractivity contribution in [2.75, 3.05) is 5.32 Å². The minimum Gasteiger partial charge on any atom is -0.359 e. The number of carbonyl (C=O) groups is 1. The lowest BCUT2D eigenvalue weighted by Crippen LogP contribution is -2.27. The molecule has 0 radical (unpaired) electrons. The summed E-state index contributed by atoms with van der Waals surface area (Å²) < 4.78 is 0. The third-order valence-corrected chi connectivity index (χ3v) is 4.22. The quantitative estimate of drug-likeness (QED) is 0.462. The lowest BCUT2D eigenvalue weighted by molar-refractivity contribution is -0.117. The Morgan fingerprint density at radius 2 is 1.92 bits per heavy atom. The van der Waals surface area contributed by atoms with Crippen LogP contribution in [0.1, 0.15) is 11.6 Å². The van der Waals surface area contributed by atoms with Gasteiger partial charge in [0.05, 0.1) is 17.4 Å². The molecule has 2 aromatic carbocycles. The first-order valence-electron chi connectivity index (χ1n) is 7.94. The minimum atomic E-state index is -0.722. The molecule has 0 unspecified atom stereocenters. The monoisotopic (exact) mass is 331 g/mol. The number of para-hydroxylation sites is 1. The van der Waals surface area contributed by atoms with Crippen molar-refractivity contribution in [3.63, 3.8) is 0 Å². The van der Waals surface area contributed by atoms with Crippen LogP contribution in [-0.4, -0.2) is 21.1 Å². The standard InChI is InChI=1S/C19H17N5O/c20-17(12-5-2-1-3-6-12)19(25)24-16-8-4-7-14-15(11-21-18(14)16)13-9-22-23-10-13/h1-11,17,21H,20H2,(H,22,23)(H,24,25)/t17-/m0/s1. The maximum atomic E-state index is 12.5. The van der Waals surface area contributed by atoms with E-state index in [4.69, 9.17) is 5.73 Å².